The first kappa shape index (κ1) is 29.0. The summed E-state index contributed by atoms with van der Waals surface area (Å²) >= 11 is 23.8. The lowest BCUT2D eigenvalue weighted by molar-refractivity contribution is 0.0746. The Morgan fingerprint density at radius 3 is 2.21 bits per heavy atom. The lowest BCUT2D eigenvalue weighted by Gasteiger charge is -2.36. The first-order chi connectivity index (χ1) is 18.7. The van der Waals surface area contributed by atoms with Crippen LogP contribution in [-0.2, 0) is 0 Å². The summed E-state index contributed by atoms with van der Waals surface area (Å²) in [5, 5.41) is 6.87. The summed E-state index contributed by atoms with van der Waals surface area (Å²) in [4.78, 5) is 29.4. The van der Waals surface area contributed by atoms with Crippen LogP contribution in [0.4, 0.5) is 11.4 Å². The second kappa shape index (κ2) is 13.3. The van der Waals surface area contributed by atoms with Gasteiger partial charge >= 0.3 is 0 Å². The molecule has 1 aliphatic rings. The number of hydrogen-bond donors (Lipinski definition) is 2. The highest BCUT2D eigenvalue weighted by molar-refractivity contribution is 7.80. The van der Waals surface area contributed by atoms with Crippen LogP contribution in [-0.4, -0.2) is 54.6 Å². The van der Waals surface area contributed by atoms with Crippen LogP contribution >= 0.6 is 47.0 Å². The molecule has 0 saturated carbocycles. The third kappa shape index (κ3) is 7.54. The Morgan fingerprint density at radius 2 is 1.56 bits per heavy atom. The fourth-order valence-electron chi connectivity index (χ4n) is 4.06. The van der Waals surface area contributed by atoms with Gasteiger partial charge < -0.3 is 19.9 Å². The molecule has 0 aromatic heterocycles. The molecule has 2 N–H and O–H groups in total. The van der Waals surface area contributed by atoms with E-state index in [-0.39, 0.29) is 16.0 Å². The van der Waals surface area contributed by atoms with Crippen LogP contribution in [0.2, 0.25) is 15.1 Å². The summed E-state index contributed by atoms with van der Waals surface area (Å²) in [6, 6.07) is 17.3. The van der Waals surface area contributed by atoms with Crippen LogP contribution in [0.1, 0.15) is 34.1 Å². The van der Waals surface area contributed by atoms with E-state index >= 15 is 0 Å². The van der Waals surface area contributed by atoms with Gasteiger partial charge in [0.25, 0.3) is 11.8 Å². The van der Waals surface area contributed by atoms with Crippen molar-refractivity contribution in [2.45, 2.75) is 13.3 Å². The first-order valence-corrected chi connectivity index (χ1v) is 13.9. The second-order valence-electron chi connectivity index (χ2n) is 8.86. The maximum atomic E-state index is 13.0. The van der Waals surface area contributed by atoms with Crippen LogP contribution in [0.15, 0.2) is 60.7 Å². The maximum Gasteiger partial charge on any atom is 0.257 e. The van der Waals surface area contributed by atoms with E-state index in [2.05, 4.69) is 22.5 Å². The topological polar surface area (TPSA) is 73.9 Å². The number of hydrogen-bond acceptors (Lipinski definition) is 5. The molecule has 4 rings (SSSR count). The molecule has 0 unspecified atom stereocenters. The van der Waals surface area contributed by atoms with E-state index in [1.54, 1.807) is 30.3 Å². The van der Waals surface area contributed by atoms with Crippen LogP contribution < -0.4 is 20.3 Å². The van der Waals surface area contributed by atoms with Gasteiger partial charge in [0.1, 0.15) is 5.75 Å². The van der Waals surface area contributed by atoms with Crippen LogP contribution in [0.25, 0.3) is 0 Å². The predicted molar refractivity (Wildman–Crippen MR) is 162 cm³/mol. The monoisotopic (exact) mass is 604 g/mol. The van der Waals surface area contributed by atoms with Gasteiger partial charge in [-0.2, -0.15) is 0 Å². The zero-order chi connectivity index (χ0) is 27.9. The van der Waals surface area contributed by atoms with Gasteiger partial charge in [0.2, 0.25) is 0 Å². The number of carbonyl (C=O) groups is 2. The third-order valence-corrected chi connectivity index (χ3v) is 7.34. The van der Waals surface area contributed by atoms with Crippen molar-refractivity contribution in [1.82, 2.24) is 10.2 Å². The minimum atomic E-state index is -0.415. The number of halogens is 3. The van der Waals surface area contributed by atoms with Crippen molar-refractivity contribution >= 4 is 75.3 Å². The first-order valence-electron chi connectivity index (χ1n) is 12.4. The molecule has 3 aromatic rings. The van der Waals surface area contributed by atoms with E-state index in [1.165, 1.54) is 6.07 Å². The number of thiocarbonyl (C=S) groups is 1. The molecule has 1 fully saturated rings. The van der Waals surface area contributed by atoms with Gasteiger partial charge in [-0.05, 0) is 79.3 Å². The number of ether oxygens (including phenoxy) is 1. The van der Waals surface area contributed by atoms with Gasteiger partial charge in [-0.3, -0.25) is 14.9 Å². The number of carbonyl (C=O) groups excluding carboxylic acids is 2. The standard InChI is InChI=1S/C28H27Cl3N4O3S/c1-2-15-38-21-7-3-18(4-8-21)27(37)35-13-11-34(12-14-35)25-10-6-20(17-24(25)31)32-28(39)33-26(36)19-5-9-22(29)23(30)16-19/h3-10,16-17H,2,11-15H2,1H3,(H2,32,33,36,39). The summed E-state index contributed by atoms with van der Waals surface area (Å²) in [6.07, 6.45) is 0.932. The van der Waals surface area contributed by atoms with Gasteiger partial charge in [0.05, 0.1) is 27.4 Å². The number of rotatable bonds is 7. The molecule has 204 valence electrons. The molecule has 0 aliphatic carbocycles. The predicted octanol–water partition coefficient (Wildman–Crippen LogP) is 6.52. The summed E-state index contributed by atoms with van der Waals surface area (Å²) in [6.45, 7) is 5.15. The fraction of sp³-hybridized carbons (Fsp3) is 0.250. The quantitative estimate of drug-likeness (QED) is 0.299. The molecule has 0 spiro atoms. The molecule has 3 aromatic carbocycles. The van der Waals surface area contributed by atoms with Crippen LogP contribution in [0, 0.1) is 0 Å². The molecule has 1 saturated heterocycles. The lowest BCUT2D eigenvalue weighted by atomic mass is 10.1. The third-order valence-electron chi connectivity index (χ3n) is 6.10. The van der Waals surface area contributed by atoms with Crippen molar-refractivity contribution in [1.29, 1.82) is 0 Å². The van der Waals surface area contributed by atoms with Crippen LogP contribution in [0.5, 0.6) is 5.75 Å². The Balaban J connectivity index is 1.30. The lowest BCUT2D eigenvalue weighted by Crippen LogP contribution is -2.48. The second-order valence-corrected chi connectivity index (χ2v) is 10.5. The van der Waals surface area contributed by atoms with E-state index in [0.29, 0.717) is 59.6 Å². The van der Waals surface area contributed by atoms with E-state index in [4.69, 9.17) is 51.8 Å². The molecular formula is C28H27Cl3N4O3S. The normalized spacial score (nSPS) is 13.1. The molecule has 1 heterocycles. The van der Waals surface area contributed by atoms with Crippen molar-refractivity contribution in [2.24, 2.45) is 0 Å². The average molecular weight is 606 g/mol. The molecule has 0 radical (unpaired) electrons. The van der Waals surface area contributed by atoms with Crippen LogP contribution in [0.3, 0.4) is 0 Å². The number of benzene rings is 3. The van der Waals surface area contributed by atoms with Crippen molar-refractivity contribution in [3.8, 4) is 5.75 Å². The number of anilines is 2. The van der Waals surface area contributed by atoms with E-state index in [0.717, 1.165) is 17.9 Å². The van der Waals surface area contributed by atoms with Gasteiger partial charge in [0, 0.05) is 43.0 Å². The summed E-state index contributed by atoms with van der Waals surface area (Å²) < 4.78 is 5.60. The zero-order valence-corrected chi connectivity index (χ0v) is 24.3. The van der Waals surface area contributed by atoms with E-state index in [1.807, 2.05) is 29.2 Å². The molecule has 11 heteroatoms. The Bertz CT molecular complexity index is 1360. The van der Waals surface area contributed by atoms with Gasteiger partial charge in [0.15, 0.2) is 5.11 Å². The highest BCUT2D eigenvalue weighted by Crippen LogP contribution is 2.30. The largest absolute Gasteiger partial charge is 0.494 e. The average Bonchev–Trinajstić information content (AvgIpc) is 2.93. The van der Waals surface area contributed by atoms with Gasteiger partial charge in [-0.1, -0.05) is 41.7 Å². The minimum Gasteiger partial charge on any atom is -0.494 e. The number of amides is 2. The molecule has 39 heavy (non-hydrogen) atoms. The Hall–Kier alpha value is -3.04. The molecule has 0 atom stereocenters. The maximum absolute atomic E-state index is 13.0. The Labute approximate surface area is 248 Å². The Kier molecular flexibility index (Phi) is 9.91. The number of nitrogens with one attached hydrogen (secondary N) is 2. The molecule has 2 amide bonds. The molecule has 1 aliphatic heterocycles. The molecule has 7 nitrogen and oxygen atoms in total. The molecule has 0 bridgehead atoms. The minimum absolute atomic E-state index is 0.00114. The van der Waals surface area contributed by atoms with Gasteiger partial charge in [-0.25, -0.2) is 0 Å². The fourth-order valence-corrected chi connectivity index (χ4v) is 4.87. The van der Waals surface area contributed by atoms with Crippen molar-refractivity contribution < 1.29 is 14.3 Å². The molecular weight excluding hydrogens is 579 g/mol. The zero-order valence-electron chi connectivity index (χ0n) is 21.2. The summed E-state index contributed by atoms with van der Waals surface area (Å²) in [5.41, 5.74) is 2.46. The summed E-state index contributed by atoms with van der Waals surface area (Å²) in [7, 11) is 0. The Morgan fingerprint density at radius 1 is 0.872 bits per heavy atom. The highest BCUT2D eigenvalue weighted by Gasteiger charge is 2.23. The SMILES string of the molecule is CCCOc1ccc(C(=O)N2CCN(c3ccc(NC(=S)NC(=O)c4ccc(Cl)c(Cl)c4)cc3Cl)CC2)cc1. The smallest absolute Gasteiger partial charge is 0.257 e. The number of nitrogens with zero attached hydrogens (tertiary/aromatic N) is 2. The van der Waals surface area contributed by atoms with Gasteiger partial charge in [-0.15, -0.1) is 0 Å². The van der Waals surface area contributed by atoms with E-state index in [9.17, 15) is 9.59 Å². The highest BCUT2D eigenvalue weighted by atomic mass is 35.5. The van der Waals surface area contributed by atoms with Crippen molar-refractivity contribution in [2.75, 3.05) is 43.0 Å². The summed E-state index contributed by atoms with van der Waals surface area (Å²) in [5.74, 6) is 0.348. The van der Waals surface area contributed by atoms with E-state index < -0.39 is 5.91 Å². The van der Waals surface area contributed by atoms with Crippen molar-refractivity contribution in [3.63, 3.8) is 0 Å². The van der Waals surface area contributed by atoms with Crippen molar-refractivity contribution in [3.05, 3.63) is 86.9 Å². The number of piperazine rings is 1.